The first-order valence-electron chi connectivity index (χ1n) is 7.00. The first-order valence-corrected chi connectivity index (χ1v) is 7.00. The molecule has 19 heavy (non-hydrogen) atoms. The minimum absolute atomic E-state index is 0.0515. The molecule has 0 aromatic carbocycles. The molecule has 112 valence electrons. The zero-order valence-corrected chi connectivity index (χ0v) is 12.7. The van der Waals surface area contributed by atoms with Gasteiger partial charge in [0.15, 0.2) is 0 Å². The zero-order chi connectivity index (χ0) is 15.1. The van der Waals surface area contributed by atoms with Crippen LogP contribution in [0.15, 0.2) is 0 Å². The van der Waals surface area contributed by atoms with Crippen LogP contribution in [0.4, 0.5) is 4.79 Å². The molecule has 1 unspecified atom stereocenters. The van der Waals surface area contributed by atoms with Crippen LogP contribution >= 0.6 is 0 Å². The molecule has 5 nitrogen and oxygen atoms in total. The van der Waals surface area contributed by atoms with Crippen LogP contribution in [-0.4, -0.2) is 29.3 Å². The Hall–Kier alpha value is -1.26. The SMILES string of the molecule is CC.CC(C)(C)C(NC(=O)OC1CCCC1)C(=O)O. The Morgan fingerprint density at radius 2 is 1.68 bits per heavy atom. The van der Waals surface area contributed by atoms with E-state index in [-0.39, 0.29) is 6.10 Å². The molecular formula is C14H27NO4. The van der Waals surface area contributed by atoms with Crippen molar-refractivity contribution in [3.8, 4) is 0 Å². The summed E-state index contributed by atoms with van der Waals surface area (Å²) in [5.74, 6) is -1.04. The number of carboxylic acids is 1. The van der Waals surface area contributed by atoms with E-state index in [9.17, 15) is 9.59 Å². The number of ether oxygens (including phenoxy) is 1. The van der Waals surface area contributed by atoms with Crippen molar-refractivity contribution in [2.75, 3.05) is 0 Å². The van der Waals surface area contributed by atoms with Gasteiger partial charge in [-0.05, 0) is 31.1 Å². The van der Waals surface area contributed by atoms with Crippen molar-refractivity contribution >= 4 is 12.1 Å². The third-order valence-corrected chi connectivity index (χ3v) is 2.95. The highest BCUT2D eigenvalue weighted by Crippen LogP contribution is 2.22. The molecule has 0 radical (unpaired) electrons. The van der Waals surface area contributed by atoms with Crippen LogP contribution in [0.25, 0.3) is 0 Å². The largest absolute Gasteiger partial charge is 0.480 e. The van der Waals surface area contributed by atoms with Gasteiger partial charge < -0.3 is 15.2 Å². The van der Waals surface area contributed by atoms with E-state index in [0.717, 1.165) is 25.7 Å². The fourth-order valence-corrected chi connectivity index (χ4v) is 1.96. The lowest BCUT2D eigenvalue weighted by molar-refractivity contribution is -0.142. The lowest BCUT2D eigenvalue weighted by Crippen LogP contribution is -2.49. The van der Waals surface area contributed by atoms with E-state index in [2.05, 4.69) is 5.32 Å². The maximum absolute atomic E-state index is 11.6. The molecule has 1 saturated carbocycles. The molecule has 0 aromatic rings. The Morgan fingerprint density at radius 3 is 2.05 bits per heavy atom. The minimum atomic E-state index is -1.04. The lowest BCUT2D eigenvalue weighted by Gasteiger charge is -2.27. The van der Waals surface area contributed by atoms with Gasteiger partial charge in [0, 0.05) is 0 Å². The van der Waals surface area contributed by atoms with E-state index in [1.807, 2.05) is 13.8 Å². The van der Waals surface area contributed by atoms with Gasteiger partial charge in [0.1, 0.15) is 12.1 Å². The normalized spacial score (nSPS) is 17.1. The summed E-state index contributed by atoms with van der Waals surface area (Å²) in [6.07, 6.45) is 3.21. The molecule has 2 N–H and O–H groups in total. The molecule has 1 rings (SSSR count). The summed E-state index contributed by atoms with van der Waals surface area (Å²) in [6, 6.07) is -0.934. The molecule has 0 spiro atoms. The number of nitrogens with one attached hydrogen (secondary N) is 1. The van der Waals surface area contributed by atoms with E-state index < -0.39 is 23.5 Å². The number of aliphatic carboxylic acids is 1. The first-order chi connectivity index (χ1) is 8.80. The summed E-state index contributed by atoms with van der Waals surface area (Å²) in [5.41, 5.74) is -0.541. The topological polar surface area (TPSA) is 75.6 Å². The molecule has 0 bridgehead atoms. The standard InChI is InChI=1S/C12H21NO4.C2H6/c1-12(2,3)9(10(14)15)13-11(16)17-8-6-4-5-7-8;1-2/h8-9H,4-7H2,1-3H3,(H,13,16)(H,14,15);1-2H3. The number of carbonyl (C=O) groups excluding carboxylic acids is 1. The van der Waals surface area contributed by atoms with Crippen LogP contribution < -0.4 is 5.32 Å². The van der Waals surface area contributed by atoms with E-state index in [1.165, 1.54) is 0 Å². The third kappa shape index (κ3) is 6.45. The molecule has 0 saturated heterocycles. The maximum Gasteiger partial charge on any atom is 0.408 e. The van der Waals surface area contributed by atoms with Crippen molar-refractivity contribution in [3.63, 3.8) is 0 Å². The smallest absolute Gasteiger partial charge is 0.408 e. The van der Waals surface area contributed by atoms with E-state index in [4.69, 9.17) is 9.84 Å². The van der Waals surface area contributed by atoms with Gasteiger partial charge in [-0.2, -0.15) is 0 Å². The predicted octanol–water partition coefficient (Wildman–Crippen LogP) is 3.18. The molecule has 0 aliphatic heterocycles. The highest BCUT2D eigenvalue weighted by molar-refractivity contribution is 5.80. The molecule has 1 aliphatic carbocycles. The van der Waals surface area contributed by atoms with Crippen LogP contribution in [0, 0.1) is 5.41 Å². The average molecular weight is 273 g/mol. The monoisotopic (exact) mass is 273 g/mol. The van der Waals surface area contributed by atoms with Crippen molar-refractivity contribution in [3.05, 3.63) is 0 Å². The second-order valence-electron chi connectivity index (χ2n) is 5.59. The van der Waals surface area contributed by atoms with Gasteiger partial charge in [-0.3, -0.25) is 0 Å². The van der Waals surface area contributed by atoms with Crippen LogP contribution in [-0.2, 0) is 9.53 Å². The number of amides is 1. The van der Waals surface area contributed by atoms with Crippen LogP contribution in [0.2, 0.25) is 0 Å². The highest BCUT2D eigenvalue weighted by atomic mass is 16.6. The van der Waals surface area contributed by atoms with Gasteiger partial charge in [-0.15, -0.1) is 0 Å². The number of carboxylic acid groups (broad SMARTS) is 1. The summed E-state index contributed by atoms with van der Waals surface area (Å²) in [5, 5.41) is 11.5. The Labute approximate surface area is 115 Å². The quantitative estimate of drug-likeness (QED) is 0.828. The summed E-state index contributed by atoms with van der Waals surface area (Å²) < 4.78 is 5.17. The van der Waals surface area contributed by atoms with Gasteiger partial charge in [-0.25, -0.2) is 9.59 Å². The second-order valence-corrected chi connectivity index (χ2v) is 5.59. The fraction of sp³-hybridized carbons (Fsp3) is 0.857. The number of hydrogen-bond acceptors (Lipinski definition) is 3. The van der Waals surface area contributed by atoms with E-state index in [1.54, 1.807) is 20.8 Å². The number of hydrogen-bond donors (Lipinski definition) is 2. The Kier molecular flexibility index (Phi) is 7.49. The van der Waals surface area contributed by atoms with Gasteiger partial charge >= 0.3 is 12.1 Å². The van der Waals surface area contributed by atoms with E-state index >= 15 is 0 Å². The summed E-state index contributed by atoms with van der Waals surface area (Å²) in [4.78, 5) is 22.6. The summed E-state index contributed by atoms with van der Waals surface area (Å²) in [7, 11) is 0. The van der Waals surface area contributed by atoms with Crippen molar-refractivity contribution in [1.82, 2.24) is 5.32 Å². The number of carbonyl (C=O) groups is 2. The van der Waals surface area contributed by atoms with Crippen molar-refractivity contribution in [1.29, 1.82) is 0 Å². The van der Waals surface area contributed by atoms with Gasteiger partial charge in [0.2, 0.25) is 0 Å². The summed E-state index contributed by atoms with van der Waals surface area (Å²) in [6.45, 7) is 9.30. The van der Waals surface area contributed by atoms with Crippen LogP contribution in [0.3, 0.4) is 0 Å². The molecule has 1 aliphatic rings. The Balaban J connectivity index is 0.00000154. The fourth-order valence-electron chi connectivity index (χ4n) is 1.96. The van der Waals surface area contributed by atoms with E-state index in [0.29, 0.717) is 0 Å². The number of alkyl carbamates (subject to hydrolysis) is 1. The zero-order valence-electron chi connectivity index (χ0n) is 12.7. The molecule has 0 aromatic heterocycles. The van der Waals surface area contributed by atoms with Crippen LogP contribution in [0.5, 0.6) is 0 Å². The highest BCUT2D eigenvalue weighted by Gasteiger charge is 2.33. The van der Waals surface area contributed by atoms with Crippen molar-refractivity contribution in [2.45, 2.75) is 72.4 Å². The molecule has 1 fully saturated rings. The van der Waals surface area contributed by atoms with Gasteiger partial charge in [0.05, 0.1) is 0 Å². The average Bonchev–Trinajstić information content (AvgIpc) is 2.79. The third-order valence-electron chi connectivity index (χ3n) is 2.95. The Morgan fingerprint density at radius 1 is 1.21 bits per heavy atom. The molecular weight excluding hydrogens is 246 g/mol. The van der Waals surface area contributed by atoms with Crippen LogP contribution in [0.1, 0.15) is 60.3 Å². The lowest BCUT2D eigenvalue weighted by atomic mass is 9.87. The Bertz CT molecular complexity index is 290. The second kappa shape index (κ2) is 8.02. The molecule has 1 atom stereocenters. The van der Waals surface area contributed by atoms with Crippen molar-refractivity contribution in [2.24, 2.45) is 5.41 Å². The molecule has 5 heteroatoms. The maximum atomic E-state index is 11.6. The minimum Gasteiger partial charge on any atom is -0.480 e. The van der Waals surface area contributed by atoms with Gasteiger partial charge in [-0.1, -0.05) is 34.6 Å². The number of rotatable bonds is 3. The molecule has 0 heterocycles. The predicted molar refractivity (Wildman–Crippen MR) is 74.1 cm³/mol. The molecule has 1 amide bonds. The van der Waals surface area contributed by atoms with Crippen molar-refractivity contribution < 1.29 is 19.4 Å². The summed E-state index contributed by atoms with van der Waals surface area (Å²) >= 11 is 0. The first kappa shape index (κ1) is 17.7. The van der Waals surface area contributed by atoms with Gasteiger partial charge in [0.25, 0.3) is 0 Å².